The van der Waals surface area contributed by atoms with Crippen LogP contribution < -0.4 is 5.32 Å². The lowest BCUT2D eigenvalue weighted by atomic mass is 9.94. The molecule has 1 aromatic rings. The number of benzene rings is 1. The largest absolute Gasteiger partial charge is 0.481 e. The number of aliphatic carboxylic acids is 1. The smallest absolute Gasteiger partial charge is 0.308 e. The van der Waals surface area contributed by atoms with Gasteiger partial charge in [0.25, 0.3) is 0 Å². The number of hydrogen-bond acceptors (Lipinski definition) is 2. The van der Waals surface area contributed by atoms with Gasteiger partial charge in [-0.1, -0.05) is 43.0 Å². The van der Waals surface area contributed by atoms with Crippen LogP contribution in [0.1, 0.15) is 50.0 Å². The maximum atomic E-state index is 12.5. The summed E-state index contributed by atoms with van der Waals surface area (Å²) in [6, 6.07) is 7.39. The summed E-state index contributed by atoms with van der Waals surface area (Å²) in [4.78, 5) is 23.9. The van der Waals surface area contributed by atoms with E-state index in [4.69, 9.17) is 11.6 Å². The van der Waals surface area contributed by atoms with Crippen molar-refractivity contribution in [2.24, 2.45) is 11.8 Å². The van der Waals surface area contributed by atoms with E-state index >= 15 is 0 Å². The SMILES string of the molecule is O=C(N[C@H]1CCCCC[C@H]1C(=O)O)C1CC1c1cccc(Cl)c1. The van der Waals surface area contributed by atoms with Gasteiger partial charge < -0.3 is 10.4 Å². The second-order valence-electron chi connectivity index (χ2n) is 6.70. The third-order valence-electron chi connectivity index (χ3n) is 5.06. The van der Waals surface area contributed by atoms with Crippen LogP contribution >= 0.6 is 11.6 Å². The van der Waals surface area contributed by atoms with E-state index in [-0.39, 0.29) is 23.8 Å². The molecule has 0 radical (unpaired) electrons. The number of rotatable bonds is 4. The molecule has 0 heterocycles. The average molecular weight is 336 g/mol. The predicted octanol–water partition coefficient (Wildman–Crippen LogP) is 3.59. The minimum atomic E-state index is -0.792. The van der Waals surface area contributed by atoms with Gasteiger partial charge in [-0.25, -0.2) is 0 Å². The first-order chi connectivity index (χ1) is 11.1. The zero-order valence-electron chi connectivity index (χ0n) is 13.0. The van der Waals surface area contributed by atoms with Crippen molar-refractivity contribution in [3.8, 4) is 0 Å². The van der Waals surface area contributed by atoms with Crippen LogP contribution in [0.2, 0.25) is 5.02 Å². The van der Waals surface area contributed by atoms with Crippen LogP contribution in [0.5, 0.6) is 0 Å². The fourth-order valence-electron chi connectivity index (χ4n) is 3.66. The van der Waals surface area contributed by atoms with Gasteiger partial charge >= 0.3 is 5.97 Å². The van der Waals surface area contributed by atoms with Gasteiger partial charge in [0.15, 0.2) is 0 Å². The number of halogens is 1. The lowest BCUT2D eigenvalue weighted by Gasteiger charge is -2.23. The molecule has 0 saturated heterocycles. The van der Waals surface area contributed by atoms with Gasteiger partial charge in [-0.05, 0) is 42.9 Å². The molecule has 0 aromatic heterocycles. The highest BCUT2D eigenvalue weighted by molar-refractivity contribution is 6.30. The number of hydrogen-bond donors (Lipinski definition) is 2. The van der Waals surface area contributed by atoms with Gasteiger partial charge in [0.2, 0.25) is 5.91 Å². The highest BCUT2D eigenvalue weighted by atomic mass is 35.5. The first-order valence-electron chi connectivity index (χ1n) is 8.35. The van der Waals surface area contributed by atoms with Crippen LogP contribution in [0.15, 0.2) is 24.3 Å². The highest BCUT2D eigenvalue weighted by Crippen LogP contribution is 2.48. The first-order valence-corrected chi connectivity index (χ1v) is 8.72. The number of carboxylic acids is 1. The molecule has 23 heavy (non-hydrogen) atoms. The minimum Gasteiger partial charge on any atom is -0.481 e. The quantitative estimate of drug-likeness (QED) is 0.826. The molecule has 2 aliphatic carbocycles. The van der Waals surface area contributed by atoms with Gasteiger partial charge in [0, 0.05) is 17.0 Å². The molecule has 2 fully saturated rings. The molecule has 1 aromatic carbocycles. The molecular weight excluding hydrogens is 314 g/mol. The third kappa shape index (κ3) is 3.86. The van der Waals surface area contributed by atoms with Gasteiger partial charge in [0.05, 0.1) is 5.92 Å². The van der Waals surface area contributed by atoms with Gasteiger partial charge in [0.1, 0.15) is 0 Å². The second-order valence-corrected chi connectivity index (χ2v) is 7.14. The Morgan fingerprint density at radius 2 is 1.91 bits per heavy atom. The normalized spacial score (nSPS) is 30.3. The minimum absolute atomic E-state index is 0.00637. The molecule has 0 spiro atoms. The molecule has 5 heteroatoms. The molecule has 4 atom stereocenters. The van der Waals surface area contributed by atoms with Crippen molar-refractivity contribution in [1.29, 1.82) is 0 Å². The summed E-state index contributed by atoms with van der Waals surface area (Å²) in [5.74, 6) is -1.09. The molecule has 2 N–H and O–H groups in total. The molecule has 1 amide bonds. The highest BCUT2D eigenvalue weighted by Gasteiger charge is 2.45. The lowest BCUT2D eigenvalue weighted by Crippen LogP contribution is -2.43. The summed E-state index contributed by atoms with van der Waals surface area (Å²) < 4.78 is 0. The topological polar surface area (TPSA) is 66.4 Å². The number of amides is 1. The second kappa shape index (κ2) is 6.91. The van der Waals surface area contributed by atoms with Gasteiger partial charge in [-0.3, -0.25) is 9.59 Å². The Labute approximate surface area is 141 Å². The number of carbonyl (C=O) groups is 2. The zero-order valence-corrected chi connectivity index (χ0v) is 13.8. The standard InChI is InChI=1S/C18H22ClNO3/c19-12-6-4-5-11(9-12)14-10-15(14)17(21)20-16-8-3-1-2-7-13(16)18(22)23/h4-6,9,13-16H,1-3,7-8,10H2,(H,20,21)(H,22,23)/t13-,14?,15?,16+/m1/s1. The van der Waals surface area contributed by atoms with E-state index in [1.807, 2.05) is 24.3 Å². The Kier molecular flexibility index (Phi) is 4.90. The van der Waals surface area contributed by atoms with E-state index in [0.717, 1.165) is 37.7 Å². The van der Waals surface area contributed by atoms with Crippen molar-refractivity contribution >= 4 is 23.5 Å². The van der Waals surface area contributed by atoms with Crippen LogP contribution in [0.25, 0.3) is 0 Å². The molecule has 0 aliphatic heterocycles. The summed E-state index contributed by atoms with van der Waals surface area (Å²) in [6.07, 6.45) is 5.19. The Balaban J connectivity index is 1.62. The molecule has 2 unspecified atom stereocenters. The number of nitrogens with one attached hydrogen (secondary N) is 1. The van der Waals surface area contributed by atoms with Gasteiger partial charge in [-0.15, -0.1) is 0 Å². The molecule has 2 aliphatic rings. The Morgan fingerprint density at radius 1 is 1.13 bits per heavy atom. The monoisotopic (exact) mass is 335 g/mol. The van der Waals surface area contributed by atoms with Gasteiger partial charge in [-0.2, -0.15) is 0 Å². The average Bonchev–Trinajstić information content (AvgIpc) is 3.31. The predicted molar refractivity (Wildman–Crippen MR) is 88.4 cm³/mol. The van der Waals surface area contributed by atoms with Crippen molar-refractivity contribution in [3.05, 3.63) is 34.9 Å². The van der Waals surface area contributed by atoms with Crippen molar-refractivity contribution in [2.45, 2.75) is 50.5 Å². The van der Waals surface area contributed by atoms with E-state index in [1.54, 1.807) is 0 Å². The molecule has 2 saturated carbocycles. The van der Waals surface area contributed by atoms with Crippen LogP contribution in [-0.4, -0.2) is 23.0 Å². The van der Waals surface area contributed by atoms with Crippen LogP contribution in [-0.2, 0) is 9.59 Å². The zero-order chi connectivity index (χ0) is 16.4. The number of carboxylic acid groups (broad SMARTS) is 1. The Morgan fingerprint density at radius 3 is 2.65 bits per heavy atom. The summed E-state index contributed by atoms with van der Waals surface area (Å²) in [6.45, 7) is 0. The van der Waals surface area contributed by atoms with Crippen LogP contribution in [0, 0.1) is 11.8 Å². The Hall–Kier alpha value is -1.55. The first kappa shape index (κ1) is 16.3. The van der Waals surface area contributed by atoms with Crippen LogP contribution in [0.3, 0.4) is 0 Å². The van der Waals surface area contributed by atoms with E-state index in [1.165, 1.54) is 0 Å². The summed E-state index contributed by atoms with van der Waals surface area (Å²) in [5, 5.41) is 13.1. The maximum absolute atomic E-state index is 12.5. The molecule has 0 bridgehead atoms. The van der Waals surface area contributed by atoms with Crippen molar-refractivity contribution in [2.75, 3.05) is 0 Å². The van der Waals surface area contributed by atoms with E-state index in [2.05, 4.69) is 5.32 Å². The molecular formula is C18H22ClNO3. The van der Waals surface area contributed by atoms with Crippen LogP contribution in [0.4, 0.5) is 0 Å². The molecule has 3 rings (SSSR count). The van der Waals surface area contributed by atoms with Crippen molar-refractivity contribution in [3.63, 3.8) is 0 Å². The van der Waals surface area contributed by atoms with Crippen molar-refractivity contribution < 1.29 is 14.7 Å². The van der Waals surface area contributed by atoms with Crippen molar-refractivity contribution in [1.82, 2.24) is 5.32 Å². The fraction of sp³-hybridized carbons (Fsp3) is 0.556. The molecule has 4 nitrogen and oxygen atoms in total. The molecule has 124 valence electrons. The number of carbonyl (C=O) groups excluding carboxylic acids is 1. The Bertz CT molecular complexity index is 604. The summed E-state index contributed by atoms with van der Waals surface area (Å²) >= 11 is 6.01. The van der Waals surface area contributed by atoms with E-state index in [0.29, 0.717) is 11.4 Å². The summed E-state index contributed by atoms with van der Waals surface area (Å²) in [7, 11) is 0. The summed E-state index contributed by atoms with van der Waals surface area (Å²) in [5.41, 5.74) is 1.09. The fourth-order valence-corrected chi connectivity index (χ4v) is 3.85. The third-order valence-corrected chi connectivity index (χ3v) is 5.30. The van der Waals surface area contributed by atoms with E-state index in [9.17, 15) is 14.7 Å². The lowest BCUT2D eigenvalue weighted by molar-refractivity contribution is -0.143. The maximum Gasteiger partial charge on any atom is 0.308 e. The van der Waals surface area contributed by atoms with E-state index < -0.39 is 11.9 Å².